The van der Waals surface area contributed by atoms with Gasteiger partial charge in [-0.1, -0.05) is 6.07 Å². The molecule has 112 valence electrons. The number of benzene rings is 1. The van der Waals surface area contributed by atoms with E-state index in [0.29, 0.717) is 36.1 Å². The molecule has 0 bridgehead atoms. The Bertz CT molecular complexity index is 645. The number of hydrogen-bond acceptors (Lipinski definition) is 5. The van der Waals surface area contributed by atoms with Crippen LogP contribution < -0.4 is 25.5 Å². The van der Waals surface area contributed by atoms with Gasteiger partial charge in [-0.2, -0.15) is 0 Å². The summed E-state index contributed by atoms with van der Waals surface area (Å²) >= 11 is 0. The number of rotatable bonds is 6. The van der Waals surface area contributed by atoms with E-state index in [4.69, 9.17) is 19.9 Å². The van der Waals surface area contributed by atoms with E-state index in [1.54, 1.807) is 38.6 Å². The molecule has 21 heavy (non-hydrogen) atoms. The van der Waals surface area contributed by atoms with Crippen molar-refractivity contribution >= 4 is 5.69 Å². The first-order chi connectivity index (χ1) is 10.2. The van der Waals surface area contributed by atoms with E-state index in [1.807, 2.05) is 6.07 Å². The summed E-state index contributed by atoms with van der Waals surface area (Å²) in [6.07, 6.45) is 1.59. The second kappa shape index (κ2) is 6.69. The van der Waals surface area contributed by atoms with Gasteiger partial charge in [0, 0.05) is 18.0 Å². The third-order valence-electron chi connectivity index (χ3n) is 2.97. The zero-order valence-corrected chi connectivity index (χ0v) is 12.0. The number of para-hydroxylation sites is 1. The van der Waals surface area contributed by atoms with Gasteiger partial charge in [-0.25, -0.2) is 0 Å². The zero-order valence-electron chi connectivity index (χ0n) is 12.0. The molecule has 0 saturated carbocycles. The topological polar surface area (TPSA) is 75.7 Å². The fourth-order valence-electron chi connectivity index (χ4n) is 1.93. The molecule has 0 aliphatic heterocycles. The van der Waals surface area contributed by atoms with Crippen molar-refractivity contribution in [3.63, 3.8) is 0 Å². The smallest absolute Gasteiger partial charge is 0.250 e. The maximum atomic E-state index is 11.7. The first-order valence-electron chi connectivity index (χ1n) is 6.45. The molecule has 6 nitrogen and oxygen atoms in total. The number of methoxy groups -OCH3 is 2. The third-order valence-corrected chi connectivity index (χ3v) is 2.97. The first kappa shape index (κ1) is 14.8. The van der Waals surface area contributed by atoms with Gasteiger partial charge in [0.05, 0.1) is 20.8 Å². The summed E-state index contributed by atoms with van der Waals surface area (Å²) in [5.74, 6) is 1.67. The summed E-state index contributed by atoms with van der Waals surface area (Å²) in [6.45, 7) is 0.672. The van der Waals surface area contributed by atoms with Gasteiger partial charge in [0.2, 0.25) is 5.75 Å². The lowest BCUT2D eigenvalue weighted by Crippen LogP contribution is -2.22. The fourth-order valence-corrected chi connectivity index (χ4v) is 1.93. The number of hydrogen-bond donors (Lipinski definition) is 1. The molecule has 2 aromatic rings. The van der Waals surface area contributed by atoms with Crippen LogP contribution in [0.2, 0.25) is 0 Å². The lowest BCUT2D eigenvalue weighted by molar-refractivity contribution is 0.262. The van der Waals surface area contributed by atoms with Crippen molar-refractivity contribution in [2.45, 2.75) is 6.54 Å². The van der Waals surface area contributed by atoms with Crippen LogP contribution in [0.1, 0.15) is 0 Å². The van der Waals surface area contributed by atoms with Gasteiger partial charge >= 0.3 is 0 Å². The highest BCUT2D eigenvalue weighted by Gasteiger charge is 2.11. The Labute approximate surface area is 122 Å². The average Bonchev–Trinajstić information content (AvgIpc) is 2.50. The van der Waals surface area contributed by atoms with Crippen LogP contribution in [0.4, 0.5) is 5.69 Å². The van der Waals surface area contributed by atoms with Crippen molar-refractivity contribution in [1.82, 2.24) is 4.57 Å². The van der Waals surface area contributed by atoms with Crippen molar-refractivity contribution in [2.24, 2.45) is 0 Å². The van der Waals surface area contributed by atoms with Gasteiger partial charge in [-0.15, -0.1) is 0 Å². The Hall–Kier alpha value is -2.63. The SMILES string of the molecule is COc1cccc(OC)c1OCCn1cc(N)ccc1=O. The van der Waals surface area contributed by atoms with Crippen LogP contribution in [0, 0.1) is 0 Å². The van der Waals surface area contributed by atoms with Crippen LogP contribution >= 0.6 is 0 Å². The molecule has 1 aromatic carbocycles. The Morgan fingerprint density at radius 2 is 1.76 bits per heavy atom. The lowest BCUT2D eigenvalue weighted by Gasteiger charge is -2.14. The summed E-state index contributed by atoms with van der Waals surface area (Å²) in [6, 6.07) is 8.38. The minimum Gasteiger partial charge on any atom is -0.493 e. The van der Waals surface area contributed by atoms with Crippen LogP contribution in [0.15, 0.2) is 41.3 Å². The number of nitrogen functional groups attached to an aromatic ring is 1. The van der Waals surface area contributed by atoms with Gasteiger partial charge in [-0.05, 0) is 18.2 Å². The van der Waals surface area contributed by atoms with E-state index in [0.717, 1.165) is 0 Å². The van der Waals surface area contributed by atoms with Crippen molar-refractivity contribution in [2.75, 3.05) is 26.6 Å². The van der Waals surface area contributed by atoms with E-state index >= 15 is 0 Å². The number of nitrogens with two attached hydrogens (primary N) is 1. The summed E-state index contributed by atoms with van der Waals surface area (Å²) in [5, 5.41) is 0. The molecule has 0 saturated heterocycles. The molecule has 0 radical (unpaired) electrons. The largest absolute Gasteiger partial charge is 0.493 e. The van der Waals surface area contributed by atoms with Crippen molar-refractivity contribution < 1.29 is 14.2 Å². The third kappa shape index (κ3) is 3.47. The van der Waals surface area contributed by atoms with Crippen LogP contribution in [0.5, 0.6) is 17.2 Å². The minimum absolute atomic E-state index is 0.125. The highest BCUT2D eigenvalue weighted by atomic mass is 16.5. The van der Waals surface area contributed by atoms with E-state index in [1.165, 1.54) is 10.6 Å². The van der Waals surface area contributed by atoms with Crippen LogP contribution in [0.25, 0.3) is 0 Å². The summed E-state index contributed by atoms with van der Waals surface area (Å²) < 4.78 is 17.7. The van der Waals surface area contributed by atoms with Gasteiger partial charge in [0.1, 0.15) is 6.61 Å². The Kier molecular flexibility index (Phi) is 4.71. The molecule has 0 amide bonds. The quantitative estimate of drug-likeness (QED) is 0.873. The number of anilines is 1. The van der Waals surface area contributed by atoms with E-state index < -0.39 is 0 Å². The van der Waals surface area contributed by atoms with E-state index in [2.05, 4.69) is 0 Å². The molecular weight excluding hydrogens is 272 g/mol. The summed E-state index contributed by atoms with van der Waals surface area (Å²) in [7, 11) is 3.12. The molecule has 0 aliphatic carbocycles. The number of aromatic nitrogens is 1. The second-order valence-corrected chi connectivity index (χ2v) is 4.33. The molecule has 0 spiro atoms. The van der Waals surface area contributed by atoms with Crippen LogP contribution in [0.3, 0.4) is 0 Å². The van der Waals surface area contributed by atoms with Gasteiger partial charge in [0.15, 0.2) is 11.5 Å². The Morgan fingerprint density at radius 1 is 1.10 bits per heavy atom. The highest BCUT2D eigenvalue weighted by molar-refractivity contribution is 5.51. The molecule has 1 aromatic heterocycles. The molecule has 6 heteroatoms. The maximum absolute atomic E-state index is 11.7. The van der Waals surface area contributed by atoms with E-state index in [9.17, 15) is 4.79 Å². The van der Waals surface area contributed by atoms with Crippen LogP contribution in [-0.2, 0) is 6.54 Å². The normalized spacial score (nSPS) is 10.2. The zero-order chi connectivity index (χ0) is 15.2. The molecule has 1 heterocycles. The molecule has 2 rings (SSSR count). The monoisotopic (exact) mass is 290 g/mol. The molecular formula is C15H18N2O4. The minimum atomic E-state index is -0.125. The average molecular weight is 290 g/mol. The number of ether oxygens (including phenoxy) is 3. The second-order valence-electron chi connectivity index (χ2n) is 4.33. The van der Waals surface area contributed by atoms with Gasteiger partial charge in [0.25, 0.3) is 5.56 Å². The maximum Gasteiger partial charge on any atom is 0.250 e. The number of pyridine rings is 1. The Balaban J connectivity index is 2.10. The predicted octanol–water partition coefficient (Wildman–Crippen LogP) is 1.53. The summed E-state index contributed by atoms with van der Waals surface area (Å²) in [4.78, 5) is 11.7. The van der Waals surface area contributed by atoms with Crippen LogP contribution in [-0.4, -0.2) is 25.4 Å². The number of nitrogens with zero attached hydrogens (tertiary/aromatic N) is 1. The molecule has 0 aliphatic rings. The van der Waals surface area contributed by atoms with E-state index in [-0.39, 0.29) is 5.56 Å². The summed E-state index contributed by atoms with van der Waals surface area (Å²) in [5.41, 5.74) is 6.07. The predicted molar refractivity (Wildman–Crippen MR) is 80.2 cm³/mol. The molecule has 0 unspecified atom stereocenters. The van der Waals surface area contributed by atoms with Crippen molar-refractivity contribution in [1.29, 1.82) is 0 Å². The Morgan fingerprint density at radius 3 is 2.38 bits per heavy atom. The fraction of sp³-hybridized carbons (Fsp3) is 0.267. The van der Waals surface area contributed by atoms with Gasteiger partial charge in [-0.3, -0.25) is 4.79 Å². The first-order valence-corrected chi connectivity index (χ1v) is 6.45. The highest BCUT2D eigenvalue weighted by Crippen LogP contribution is 2.36. The standard InChI is InChI=1S/C15H18N2O4/c1-19-12-4-3-5-13(20-2)15(12)21-9-8-17-10-11(16)6-7-14(17)18/h3-7,10H,8-9,16H2,1-2H3. The lowest BCUT2D eigenvalue weighted by atomic mass is 10.3. The molecule has 2 N–H and O–H groups in total. The van der Waals surface area contributed by atoms with Crippen molar-refractivity contribution in [3.8, 4) is 17.2 Å². The van der Waals surface area contributed by atoms with Crippen molar-refractivity contribution in [3.05, 3.63) is 46.9 Å². The molecule has 0 fully saturated rings. The molecule has 0 atom stereocenters. The van der Waals surface area contributed by atoms with Gasteiger partial charge < -0.3 is 24.5 Å².